The van der Waals surface area contributed by atoms with E-state index in [9.17, 15) is 54.6 Å². The van der Waals surface area contributed by atoms with Gasteiger partial charge in [0.25, 0.3) is 0 Å². The second-order valence-electron chi connectivity index (χ2n) is 27.8. The molecular weight excluding hydrogens is 1650 g/mol. The first-order valence-corrected chi connectivity index (χ1v) is 47.2. The number of thioether (sulfide) groups is 1. The van der Waals surface area contributed by atoms with Crippen molar-refractivity contribution in [3.05, 3.63) is 257 Å². The Balaban J connectivity index is 0.000000135. The second kappa shape index (κ2) is 38.5. The highest BCUT2D eigenvalue weighted by atomic mass is 35.5. The van der Waals surface area contributed by atoms with Crippen LogP contribution in [0.15, 0.2) is 196 Å². The average Bonchev–Trinajstić information content (AvgIpc) is 1.51. The van der Waals surface area contributed by atoms with Gasteiger partial charge in [0.15, 0.2) is 33.0 Å². The van der Waals surface area contributed by atoms with Crippen molar-refractivity contribution in [2.75, 3.05) is 85.5 Å². The highest BCUT2D eigenvalue weighted by Crippen LogP contribution is 2.30. The van der Waals surface area contributed by atoms with E-state index in [0.717, 1.165) is 111 Å². The Labute approximate surface area is 700 Å². The highest BCUT2D eigenvalue weighted by molar-refractivity contribution is 8.00. The van der Waals surface area contributed by atoms with Gasteiger partial charge in [0.05, 0.1) is 94.9 Å². The van der Waals surface area contributed by atoms with Crippen LogP contribution in [0, 0.1) is 20.8 Å². The summed E-state index contributed by atoms with van der Waals surface area (Å²) in [4.78, 5) is 114. The average molecular weight is 1730 g/mol. The maximum absolute atomic E-state index is 12.3. The normalized spacial score (nSPS) is 15.9. The molecule has 0 saturated carbocycles. The molecular formula is C83H83ClN12O12S8. The number of hydrogen-bond donors (Lipinski definition) is 0. The number of aromatic nitrogens is 8. The number of hydrogen-bond acceptors (Lipinski definition) is 21. The molecule has 4 saturated heterocycles. The van der Waals surface area contributed by atoms with Crippen molar-refractivity contribution in [1.82, 2.24) is 38.2 Å². The third kappa shape index (κ3) is 22.2. The molecule has 0 N–H and O–H groups in total. The van der Waals surface area contributed by atoms with E-state index < -0.39 is 42.3 Å². The molecule has 12 heterocycles. The molecule has 3 amide bonds. The zero-order chi connectivity index (χ0) is 81.6. The number of Topliss-reactive ketones (excluding diaryl/α,β-unsaturated/α-hetero) is 4. The minimum Gasteiger partial charge on any atom is -0.311 e. The molecule has 1 unspecified atom stereocenters. The molecule has 16 rings (SSSR count). The van der Waals surface area contributed by atoms with Crippen molar-refractivity contribution >= 4 is 163 Å². The zero-order valence-corrected chi connectivity index (χ0v) is 71.0. The molecule has 0 aliphatic carbocycles. The van der Waals surface area contributed by atoms with Gasteiger partial charge in [0, 0.05) is 153 Å². The standard InChI is InChI=1S/C21H21N3O4S2.C21H21N3O3S2.C21H21N3O2S2.C20H20ClN3O3S2/c1-15-2-9-20(29-15)19(25)8-3-16-12-23(14-22-16)17-4-6-18(7-5-17)24-10-11-30(27,28)13-21(24)26;1-15-2-9-20(28-15)19(25)8-3-16-12-23(14-22-16)17-4-6-18(7-5-17)24-10-11-29(27)13-21(24)26;1-15-2-9-20(28-15)19(25)8-3-16-12-23(14-22-16)17-4-6-18(7-5-17)24-10-11-27-13-21(24)26;21-20-10-9-19(28-20)18(25)8-3-15-13-23(14-22-15)16-4-6-17(7-5-16)24-11-1-2-12-29(24,26)27/h2,4-7,9,12,14H,3,8,10-11,13H2,1H3;2,4-7,9,12,14H,3,8,10-11,13H2,1H3;2,4-7,9,12,14H,3,8,10-11,13H2,1H3;4-7,9-10,13-14H,1-3,8,11-12H2. The van der Waals surface area contributed by atoms with Crippen LogP contribution >= 0.6 is 68.7 Å². The number of carbonyl (C=O) groups is 7. The maximum Gasteiger partial charge on any atom is 0.242 e. The van der Waals surface area contributed by atoms with E-state index in [4.69, 9.17) is 11.6 Å². The summed E-state index contributed by atoms with van der Waals surface area (Å²) in [6, 6.07) is 45.3. The molecule has 0 radical (unpaired) electrons. The number of rotatable bonds is 24. The highest BCUT2D eigenvalue weighted by Gasteiger charge is 2.31. The number of thiophene rings is 4. The molecule has 0 spiro atoms. The summed E-state index contributed by atoms with van der Waals surface area (Å²) >= 11 is 13.4. The van der Waals surface area contributed by atoms with Crippen LogP contribution in [0.3, 0.4) is 0 Å². The van der Waals surface area contributed by atoms with Crippen LogP contribution in [0.4, 0.5) is 22.7 Å². The molecule has 4 aromatic carbocycles. The van der Waals surface area contributed by atoms with Gasteiger partial charge in [-0.3, -0.25) is 42.1 Å². The Morgan fingerprint density at radius 3 is 1.12 bits per heavy atom. The lowest BCUT2D eigenvalue weighted by Gasteiger charge is -2.28. The summed E-state index contributed by atoms with van der Waals surface area (Å²) in [6.45, 7) is 7.93. The number of sulfonamides is 1. The summed E-state index contributed by atoms with van der Waals surface area (Å²) in [5.41, 5.74) is 10.2. The summed E-state index contributed by atoms with van der Waals surface area (Å²) in [6.07, 6.45) is 20.2. The lowest BCUT2D eigenvalue weighted by atomic mass is 10.1. The fourth-order valence-electron chi connectivity index (χ4n) is 13.1. The van der Waals surface area contributed by atoms with E-state index >= 15 is 0 Å². The quantitative estimate of drug-likeness (QED) is 0.0508. The lowest BCUT2D eigenvalue weighted by molar-refractivity contribution is -0.117. The molecule has 602 valence electrons. The van der Waals surface area contributed by atoms with Crippen LogP contribution in [-0.2, 0) is 70.7 Å². The smallest absolute Gasteiger partial charge is 0.242 e. The fourth-order valence-corrected chi connectivity index (χ4v) is 21.2. The van der Waals surface area contributed by atoms with Gasteiger partial charge in [0.1, 0.15) is 11.5 Å². The van der Waals surface area contributed by atoms with Crippen LogP contribution in [0.2, 0.25) is 4.34 Å². The van der Waals surface area contributed by atoms with Crippen LogP contribution in [-0.4, -0.2) is 167 Å². The largest absolute Gasteiger partial charge is 0.311 e. The van der Waals surface area contributed by atoms with E-state index in [2.05, 4.69) is 19.9 Å². The van der Waals surface area contributed by atoms with Crippen LogP contribution in [0.1, 0.15) is 115 Å². The Morgan fingerprint density at radius 2 is 0.776 bits per heavy atom. The Bertz CT molecular complexity index is 5780. The minimum atomic E-state index is -3.28. The molecule has 116 heavy (non-hydrogen) atoms. The van der Waals surface area contributed by atoms with Crippen molar-refractivity contribution in [3.8, 4) is 22.7 Å². The Kier molecular flexibility index (Phi) is 27.9. The third-order valence-electron chi connectivity index (χ3n) is 19.4. The number of nitrogens with zero attached hydrogens (tertiary/aromatic N) is 12. The second-order valence-corrected chi connectivity index (χ2v) is 40.3. The number of amides is 3. The Morgan fingerprint density at radius 1 is 0.414 bits per heavy atom. The van der Waals surface area contributed by atoms with E-state index in [1.807, 2.05) is 190 Å². The first-order chi connectivity index (χ1) is 55.8. The van der Waals surface area contributed by atoms with Gasteiger partial charge < -0.3 is 33.0 Å². The number of carbonyl (C=O) groups excluding carboxylic acids is 7. The summed E-state index contributed by atoms with van der Waals surface area (Å²) in [5, 5.41) is 0. The number of aryl methyl sites for hydroxylation is 7. The van der Waals surface area contributed by atoms with Gasteiger partial charge in [-0.25, -0.2) is 36.8 Å². The zero-order valence-electron chi connectivity index (χ0n) is 63.7. The van der Waals surface area contributed by atoms with Crippen LogP contribution in [0.5, 0.6) is 0 Å². The summed E-state index contributed by atoms with van der Waals surface area (Å²) in [7, 11) is -7.53. The molecule has 24 nitrogen and oxygen atoms in total. The lowest BCUT2D eigenvalue weighted by Crippen LogP contribution is -2.45. The van der Waals surface area contributed by atoms with E-state index in [1.165, 1.54) is 43.2 Å². The van der Waals surface area contributed by atoms with Crippen molar-refractivity contribution in [2.24, 2.45) is 0 Å². The van der Waals surface area contributed by atoms with E-state index in [0.29, 0.717) is 96.6 Å². The number of halogens is 1. The monoisotopic (exact) mass is 1730 g/mol. The fraction of sp³-hybridized carbons (Fsp3) is 0.289. The van der Waals surface area contributed by atoms with Gasteiger partial charge in [-0.15, -0.1) is 45.3 Å². The van der Waals surface area contributed by atoms with Gasteiger partial charge in [-0.1, -0.05) is 11.6 Å². The van der Waals surface area contributed by atoms with Gasteiger partial charge in [-0.05, 0) is 205 Å². The molecule has 1 atom stereocenters. The van der Waals surface area contributed by atoms with Gasteiger partial charge in [-0.2, -0.15) is 11.8 Å². The predicted octanol–water partition coefficient (Wildman–Crippen LogP) is 14.4. The number of ketones is 4. The number of anilines is 4. The SMILES string of the molecule is Cc1ccc(C(=O)CCc2cn(-c3ccc(N4CCS(=O)(=O)CC4=O)cc3)cn2)s1.Cc1ccc(C(=O)CCc2cn(-c3ccc(N4CCS(=O)CC4=O)cc3)cn2)s1.Cc1ccc(C(=O)CCc2cn(-c3ccc(N4CCSCC4=O)cc3)cn2)s1.O=C(CCc1cn(-c2ccc(N3CCCCS3(=O)=O)cc2)cn1)c1ccc(Cl)s1. The molecule has 4 aliphatic rings. The maximum atomic E-state index is 12.3. The van der Waals surface area contributed by atoms with E-state index in [1.54, 1.807) is 77.6 Å². The van der Waals surface area contributed by atoms with Crippen molar-refractivity contribution in [2.45, 2.75) is 85.0 Å². The third-order valence-corrected chi connectivity index (χ3v) is 29.3. The first kappa shape index (κ1) is 84.0. The number of imidazole rings is 4. The van der Waals surface area contributed by atoms with Crippen molar-refractivity contribution < 1.29 is 54.6 Å². The van der Waals surface area contributed by atoms with Crippen molar-refractivity contribution in [1.29, 1.82) is 0 Å². The molecule has 33 heteroatoms. The first-order valence-electron chi connectivity index (χ1n) is 37.5. The van der Waals surface area contributed by atoms with Gasteiger partial charge in [0.2, 0.25) is 27.7 Å². The summed E-state index contributed by atoms with van der Waals surface area (Å²) in [5.74, 6) is 2.05. The Hall–Kier alpha value is -9.90. The van der Waals surface area contributed by atoms with Crippen LogP contribution in [0.25, 0.3) is 22.7 Å². The van der Waals surface area contributed by atoms with E-state index in [-0.39, 0.29) is 58.8 Å². The van der Waals surface area contributed by atoms with Gasteiger partial charge >= 0.3 is 0 Å². The summed E-state index contributed by atoms with van der Waals surface area (Å²) < 4.78 is 68.8. The minimum absolute atomic E-state index is 0.0187. The predicted molar refractivity (Wildman–Crippen MR) is 463 cm³/mol. The molecule has 4 aliphatic heterocycles. The van der Waals surface area contributed by atoms with Crippen LogP contribution < -0.4 is 19.0 Å². The topological polar surface area (TPSA) is 289 Å². The number of benzene rings is 4. The molecule has 12 aromatic rings. The molecule has 8 aromatic heterocycles. The van der Waals surface area contributed by atoms with Crippen molar-refractivity contribution in [3.63, 3.8) is 0 Å². The molecule has 0 bridgehead atoms. The molecule has 4 fully saturated rings. The number of sulfone groups is 1.